The van der Waals surface area contributed by atoms with E-state index in [1.54, 1.807) is 0 Å². The second-order valence-corrected chi connectivity index (χ2v) is 7.02. The molecule has 0 spiro atoms. The summed E-state index contributed by atoms with van der Waals surface area (Å²) in [4.78, 5) is 1.40. The molecule has 21 heavy (non-hydrogen) atoms. The van der Waals surface area contributed by atoms with E-state index in [0.29, 0.717) is 5.25 Å². The van der Waals surface area contributed by atoms with E-state index >= 15 is 0 Å². The summed E-state index contributed by atoms with van der Waals surface area (Å²) < 4.78 is 6.03. The monoisotopic (exact) mass is 299 g/mol. The summed E-state index contributed by atoms with van der Waals surface area (Å²) in [7, 11) is 0. The van der Waals surface area contributed by atoms with E-state index in [2.05, 4.69) is 43.3 Å². The average molecular weight is 299 g/mol. The van der Waals surface area contributed by atoms with E-state index in [4.69, 9.17) is 10.5 Å². The van der Waals surface area contributed by atoms with Gasteiger partial charge in [-0.05, 0) is 49.1 Å². The van der Waals surface area contributed by atoms with Crippen LogP contribution in [0.25, 0.3) is 0 Å². The Balaban J connectivity index is 1.62. The average Bonchev–Trinajstić information content (AvgIpc) is 2.88. The van der Waals surface area contributed by atoms with Crippen LogP contribution in [0.5, 0.6) is 5.75 Å². The molecule has 0 amide bonds. The largest absolute Gasteiger partial charge is 0.492 e. The molecule has 110 valence electrons. The quantitative estimate of drug-likeness (QED) is 0.922. The maximum Gasteiger partial charge on any atom is 0.122 e. The predicted molar refractivity (Wildman–Crippen MR) is 89.1 cm³/mol. The van der Waals surface area contributed by atoms with Gasteiger partial charge in [0, 0.05) is 16.2 Å². The smallest absolute Gasteiger partial charge is 0.122 e. The molecule has 0 aromatic heterocycles. The van der Waals surface area contributed by atoms with E-state index in [-0.39, 0.29) is 6.04 Å². The van der Waals surface area contributed by atoms with Crippen LogP contribution in [0.3, 0.4) is 0 Å². The minimum Gasteiger partial charge on any atom is -0.492 e. The third kappa shape index (κ3) is 3.25. The number of rotatable bonds is 4. The Morgan fingerprint density at radius 2 is 2.10 bits per heavy atom. The molecule has 2 aromatic carbocycles. The summed E-state index contributed by atoms with van der Waals surface area (Å²) in [6.45, 7) is 4.83. The summed E-state index contributed by atoms with van der Waals surface area (Å²) in [6, 6.07) is 14.9. The topological polar surface area (TPSA) is 35.2 Å². The summed E-state index contributed by atoms with van der Waals surface area (Å²) in [6.07, 6.45) is 1.10. The van der Waals surface area contributed by atoms with Crippen molar-refractivity contribution >= 4 is 11.8 Å². The molecule has 1 heterocycles. The summed E-state index contributed by atoms with van der Waals surface area (Å²) in [5.74, 6) is 0.968. The molecule has 0 fully saturated rings. The second kappa shape index (κ2) is 6.12. The first-order valence-electron chi connectivity index (χ1n) is 7.37. The molecular weight excluding hydrogens is 278 g/mol. The summed E-state index contributed by atoms with van der Waals surface area (Å²) >= 11 is 1.92. The maximum atomic E-state index is 6.03. The lowest BCUT2D eigenvalue weighted by atomic mass is 10.1. The molecule has 0 radical (unpaired) electrons. The molecule has 2 aromatic rings. The van der Waals surface area contributed by atoms with Crippen LogP contribution < -0.4 is 10.5 Å². The van der Waals surface area contributed by atoms with Crippen molar-refractivity contribution in [1.29, 1.82) is 0 Å². The van der Waals surface area contributed by atoms with Crippen LogP contribution in [0.4, 0.5) is 0 Å². The number of ether oxygens (including phenoxy) is 1. The van der Waals surface area contributed by atoms with Gasteiger partial charge in [0.05, 0.1) is 0 Å². The van der Waals surface area contributed by atoms with Gasteiger partial charge in [0.2, 0.25) is 0 Å². The first-order chi connectivity index (χ1) is 10.1. The fraction of sp³-hybridized carbons (Fsp3) is 0.333. The maximum absolute atomic E-state index is 6.03. The van der Waals surface area contributed by atoms with Gasteiger partial charge in [-0.1, -0.05) is 30.3 Å². The first-order valence-corrected chi connectivity index (χ1v) is 8.25. The molecule has 1 aliphatic heterocycles. The first kappa shape index (κ1) is 14.5. The van der Waals surface area contributed by atoms with Crippen molar-refractivity contribution in [3.63, 3.8) is 0 Å². The number of thioether (sulfide) groups is 1. The van der Waals surface area contributed by atoms with Gasteiger partial charge in [-0.25, -0.2) is 0 Å². The van der Waals surface area contributed by atoms with E-state index in [1.165, 1.54) is 10.5 Å². The zero-order chi connectivity index (χ0) is 14.8. The lowest BCUT2D eigenvalue weighted by Crippen LogP contribution is -2.14. The van der Waals surface area contributed by atoms with Gasteiger partial charge in [-0.2, -0.15) is 0 Å². The molecule has 1 aliphatic rings. The zero-order valence-corrected chi connectivity index (χ0v) is 13.3. The van der Waals surface area contributed by atoms with Crippen molar-refractivity contribution < 1.29 is 4.74 Å². The van der Waals surface area contributed by atoms with Crippen molar-refractivity contribution in [2.24, 2.45) is 5.73 Å². The number of hydrogen-bond acceptors (Lipinski definition) is 3. The van der Waals surface area contributed by atoms with Crippen LogP contribution in [-0.4, -0.2) is 11.9 Å². The van der Waals surface area contributed by atoms with Crippen LogP contribution in [-0.2, 0) is 6.42 Å². The molecule has 3 rings (SSSR count). The van der Waals surface area contributed by atoms with Gasteiger partial charge in [0.1, 0.15) is 12.4 Å². The van der Waals surface area contributed by atoms with Crippen molar-refractivity contribution in [2.75, 3.05) is 6.61 Å². The summed E-state index contributed by atoms with van der Waals surface area (Å²) in [5, 5.41) is 0.509. The predicted octanol–water partition coefficient (Wildman–Crippen LogP) is 4.11. The van der Waals surface area contributed by atoms with Gasteiger partial charge in [0.25, 0.3) is 0 Å². The van der Waals surface area contributed by atoms with Crippen LogP contribution in [0.1, 0.15) is 29.7 Å². The highest BCUT2D eigenvalue weighted by Gasteiger charge is 2.22. The van der Waals surface area contributed by atoms with Gasteiger partial charge < -0.3 is 10.5 Å². The van der Waals surface area contributed by atoms with E-state index < -0.39 is 0 Å². The Bertz CT molecular complexity index is 614. The Morgan fingerprint density at radius 3 is 2.81 bits per heavy atom. The molecule has 0 saturated carbocycles. The van der Waals surface area contributed by atoms with E-state index in [0.717, 1.165) is 29.9 Å². The Kier molecular flexibility index (Phi) is 4.22. The highest BCUT2D eigenvalue weighted by molar-refractivity contribution is 8.00. The third-order valence-electron chi connectivity index (χ3n) is 3.86. The molecule has 2 nitrogen and oxygen atoms in total. The lowest BCUT2D eigenvalue weighted by molar-refractivity contribution is 0.315. The van der Waals surface area contributed by atoms with Crippen LogP contribution in [0.15, 0.2) is 47.4 Å². The van der Waals surface area contributed by atoms with Crippen molar-refractivity contribution in [1.82, 2.24) is 0 Å². The lowest BCUT2D eigenvalue weighted by Gasteiger charge is -2.14. The molecule has 2 atom stereocenters. The van der Waals surface area contributed by atoms with Gasteiger partial charge in [0.15, 0.2) is 0 Å². The molecule has 0 saturated heterocycles. The summed E-state index contributed by atoms with van der Waals surface area (Å²) in [5.41, 5.74) is 9.67. The van der Waals surface area contributed by atoms with E-state index in [9.17, 15) is 0 Å². The highest BCUT2D eigenvalue weighted by Crippen LogP contribution is 2.37. The minimum atomic E-state index is 0.0673. The second-order valence-electron chi connectivity index (χ2n) is 5.68. The number of nitrogens with two attached hydrogens (primary N) is 1. The zero-order valence-electron chi connectivity index (χ0n) is 12.5. The number of aryl methyl sites for hydroxylation is 1. The normalized spacial score (nSPS) is 18.3. The van der Waals surface area contributed by atoms with Gasteiger partial charge in [-0.15, -0.1) is 11.8 Å². The SMILES string of the molecule is Cc1cc(C(C)N)ccc1OCC1Cc2ccccc2S1. The molecule has 0 bridgehead atoms. The number of fused-ring (bicyclic) bond motifs is 1. The molecule has 0 aliphatic carbocycles. The fourth-order valence-corrected chi connectivity index (χ4v) is 3.87. The van der Waals surface area contributed by atoms with Crippen molar-refractivity contribution in [2.45, 2.75) is 36.5 Å². The molecular formula is C18H21NOS. The Hall–Kier alpha value is -1.45. The molecule has 3 heteroatoms. The van der Waals surface area contributed by atoms with Crippen LogP contribution in [0, 0.1) is 6.92 Å². The minimum absolute atomic E-state index is 0.0673. The molecule has 2 N–H and O–H groups in total. The Morgan fingerprint density at radius 1 is 1.29 bits per heavy atom. The Labute approximate surface area is 130 Å². The van der Waals surface area contributed by atoms with Crippen LogP contribution >= 0.6 is 11.8 Å². The molecule has 2 unspecified atom stereocenters. The van der Waals surface area contributed by atoms with Crippen LogP contribution in [0.2, 0.25) is 0 Å². The van der Waals surface area contributed by atoms with Gasteiger partial charge in [-0.3, -0.25) is 0 Å². The van der Waals surface area contributed by atoms with Crippen molar-refractivity contribution in [3.8, 4) is 5.75 Å². The standard InChI is InChI=1S/C18H21NOS/c1-12-9-14(13(2)19)7-8-17(12)20-11-16-10-15-5-3-4-6-18(15)21-16/h3-9,13,16H,10-11,19H2,1-2H3. The highest BCUT2D eigenvalue weighted by atomic mass is 32.2. The van der Waals surface area contributed by atoms with Crippen molar-refractivity contribution in [3.05, 3.63) is 59.2 Å². The van der Waals surface area contributed by atoms with E-state index in [1.807, 2.05) is 24.8 Å². The fourth-order valence-electron chi connectivity index (χ4n) is 2.65. The third-order valence-corrected chi connectivity index (χ3v) is 5.15. The number of benzene rings is 2. The van der Waals surface area contributed by atoms with Gasteiger partial charge >= 0.3 is 0 Å². The number of hydrogen-bond donors (Lipinski definition) is 1.